The number of ether oxygens (including phenoxy) is 1. The number of hydrogen-bond donors (Lipinski definition) is 1. The van der Waals surface area contributed by atoms with E-state index in [1.54, 1.807) is 23.7 Å². The van der Waals surface area contributed by atoms with Crippen molar-refractivity contribution in [1.82, 2.24) is 9.55 Å². The number of para-hydroxylation sites is 1. The number of fused-ring (bicyclic) bond motifs is 1. The largest absolute Gasteiger partial charge is 0.465 e. The van der Waals surface area contributed by atoms with Crippen LogP contribution in [-0.4, -0.2) is 35.7 Å². The molecule has 33 heavy (non-hydrogen) atoms. The summed E-state index contributed by atoms with van der Waals surface area (Å²) >= 11 is 0. The molecule has 0 amide bonds. The standard InChI is InChI=1S/C26H32N4O3/c1-16-10-12-30(13-11-16)26-28-23-20(14-17(2)15-21(23)24(31)29(26)4)18(3)27-22-9-7-6-8-19(22)25(32)33-5/h6-9,14-16,18,27H,10-13H2,1-5H3. The molecule has 174 valence electrons. The van der Waals surface area contributed by atoms with Gasteiger partial charge in [-0.3, -0.25) is 9.36 Å². The van der Waals surface area contributed by atoms with Gasteiger partial charge in [0.25, 0.3) is 5.56 Å². The monoisotopic (exact) mass is 448 g/mol. The van der Waals surface area contributed by atoms with Gasteiger partial charge in [-0.1, -0.05) is 25.1 Å². The zero-order chi connectivity index (χ0) is 23.7. The number of aryl methyl sites for hydroxylation is 1. The highest BCUT2D eigenvalue weighted by Crippen LogP contribution is 2.29. The fraction of sp³-hybridized carbons (Fsp3) is 0.423. The van der Waals surface area contributed by atoms with Crippen LogP contribution in [0.15, 0.2) is 41.2 Å². The van der Waals surface area contributed by atoms with Crippen molar-refractivity contribution in [2.45, 2.75) is 39.7 Å². The molecule has 7 nitrogen and oxygen atoms in total. The second-order valence-corrected chi connectivity index (χ2v) is 9.10. The summed E-state index contributed by atoms with van der Waals surface area (Å²) in [6.45, 7) is 8.06. The van der Waals surface area contributed by atoms with Gasteiger partial charge in [0.2, 0.25) is 5.95 Å². The van der Waals surface area contributed by atoms with E-state index in [-0.39, 0.29) is 11.6 Å². The van der Waals surface area contributed by atoms with Crippen LogP contribution in [0.4, 0.5) is 11.6 Å². The Morgan fingerprint density at radius 1 is 1.21 bits per heavy atom. The van der Waals surface area contributed by atoms with Crippen LogP contribution in [0.2, 0.25) is 0 Å². The van der Waals surface area contributed by atoms with Gasteiger partial charge >= 0.3 is 5.97 Å². The number of carbonyl (C=O) groups excluding carboxylic acids is 1. The van der Waals surface area contributed by atoms with E-state index >= 15 is 0 Å². The third kappa shape index (κ3) is 4.45. The van der Waals surface area contributed by atoms with Gasteiger partial charge < -0.3 is 15.0 Å². The van der Waals surface area contributed by atoms with Gasteiger partial charge in [-0.15, -0.1) is 0 Å². The van der Waals surface area contributed by atoms with Gasteiger partial charge in [0, 0.05) is 31.4 Å². The van der Waals surface area contributed by atoms with Crippen LogP contribution >= 0.6 is 0 Å². The molecule has 0 aliphatic carbocycles. The van der Waals surface area contributed by atoms with Crippen LogP contribution in [0.25, 0.3) is 10.9 Å². The minimum absolute atomic E-state index is 0.0410. The average Bonchev–Trinajstić information content (AvgIpc) is 2.81. The fourth-order valence-corrected chi connectivity index (χ4v) is 4.57. The van der Waals surface area contributed by atoms with Crippen molar-refractivity contribution in [2.24, 2.45) is 13.0 Å². The Balaban J connectivity index is 1.79. The molecule has 0 spiro atoms. The number of hydrogen-bond acceptors (Lipinski definition) is 6. The SMILES string of the molecule is COC(=O)c1ccccc1NC(C)c1cc(C)cc2c(=O)n(C)c(N3CCC(C)CC3)nc12. The highest BCUT2D eigenvalue weighted by molar-refractivity contribution is 5.95. The van der Waals surface area contributed by atoms with Gasteiger partial charge in [0.1, 0.15) is 0 Å². The van der Waals surface area contributed by atoms with Crippen molar-refractivity contribution >= 4 is 28.5 Å². The Kier molecular flexibility index (Phi) is 6.40. The Hall–Kier alpha value is -3.35. The molecule has 2 aromatic carbocycles. The van der Waals surface area contributed by atoms with Crippen LogP contribution in [0.5, 0.6) is 0 Å². The molecule has 3 aromatic rings. The minimum atomic E-state index is -0.395. The van der Waals surface area contributed by atoms with Crippen LogP contribution in [0.3, 0.4) is 0 Å². The molecular weight excluding hydrogens is 416 g/mol. The first-order valence-corrected chi connectivity index (χ1v) is 11.5. The van der Waals surface area contributed by atoms with Crippen LogP contribution in [0.1, 0.15) is 54.2 Å². The molecule has 1 aliphatic heterocycles. The van der Waals surface area contributed by atoms with Gasteiger partial charge in [-0.2, -0.15) is 0 Å². The number of anilines is 2. The lowest BCUT2D eigenvalue weighted by Crippen LogP contribution is -2.37. The molecule has 1 unspecified atom stereocenters. The predicted molar refractivity (Wildman–Crippen MR) is 132 cm³/mol. The highest BCUT2D eigenvalue weighted by Gasteiger charge is 2.23. The van der Waals surface area contributed by atoms with E-state index in [0.717, 1.165) is 37.1 Å². The van der Waals surface area contributed by atoms with E-state index < -0.39 is 5.97 Å². The van der Waals surface area contributed by atoms with E-state index in [9.17, 15) is 9.59 Å². The molecule has 7 heteroatoms. The smallest absolute Gasteiger partial charge is 0.339 e. The molecule has 0 bridgehead atoms. The Morgan fingerprint density at radius 3 is 2.61 bits per heavy atom. The lowest BCUT2D eigenvalue weighted by atomic mass is 9.99. The van der Waals surface area contributed by atoms with Crippen molar-refractivity contribution in [3.8, 4) is 0 Å². The number of nitrogens with zero attached hydrogens (tertiary/aromatic N) is 3. The van der Waals surface area contributed by atoms with Gasteiger partial charge in [-0.25, -0.2) is 9.78 Å². The Morgan fingerprint density at radius 2 is 1.91 bits per heavy atom. The third-order valence-electron chi connectivity index (χ3n) is 6.57. The second-order valence-electron chi connectivity index (χ2n) is 9.10. The summed E-state index contributed by atoms with van der Waals surface area (Å²) in [5, 5.41) is 4.04. The highest BCUT2D eigenvalue weighted by atomic mass is 16.5. The van der Waals surface area contributed by atoms with E-state index in [4.69, 9.17) is 9.72 Å². The molecule has 1 aliphatic rings. The lowest BCUT2D eigenvalue weighted by Gasteiger charge is -2.32. The number of piperidine rings is 1. The first-order valence-electron chi connectivity index (χ1n) is 11.5. The van der Waals surface area contributed by atoms with Crippen molar-refractivity contribution in [1.29, 1.82) is 0 Å². The number of benzene rings is 2. The average molecular weight is 449 g/mol. The zero-order valence-corrected chi connectivity index (χ0v) is 20.0. The molecule has 1 N–H and O–H groups in total. The maximum absolute atomic E-state index is 13.3. The number of rotatable bonds is 5. The normalized spacial score (nSPS) is 15.5. The summed E-state index contributed by atoms with van der Waals surface area (Å²) in [7, 11) is 3.18. The second kappa shape index (κ2) is 9.25. The third-order valence-corrected chi connectivity index (χ3v) is 6.57. The Bertz CT molecular complexity index is 1240. The minimum Gasteiger partial charge on any atom is -0.465 e. The topological polar surface area (TPSA) is 76.5 Å². The molecule has 4 rings (SSSR count). The number of nitrogens with one attached hydrogen (secondary N) is 1. The maximum atomic E-state index is 13.3. The summed E-state index contributed by atoms with van der Waals surface area (Å²) in [6.07, 6.45) is 2.19. The molecule has 1 atom stereocenters. The predicted octanol–water partition coefficient (Wildman–Crippen LogP) is 4.44. The Labute approximate surface area is 194 Å². The van der Waals surface area contributed by atoms with Gasteiger partial charge in [-0.05, 0) is 56.4 Å². The number of methoxy groups -OCH3 is 1. The summed E-state index contributed by atoms with van der Waals surface area (Å²) in [6, 6.07) is 11.1. The van der Waals surface area contributed by atoms with Crippen molar-refractivity contribution in [3.05, 3.63) is 63.4 Å². The zero-order valence-electron chi connectivity index (χ0n) is 20.0. The van der Waals surface area contributed by atoms with Crippen molar-refractivity contribution in [3.63, 3.8) is 0 Å². The molecule has 0 saturated carbocycles. The fourth-order valence-electron chi connectivity index (χ4n) is 4.57. The number of carbonyl (C=O) groups is 1. The molecule has 1 fully saturated rings. The molecular formula is C26H32N4O3. The number of aromatic nitrogens is 2. The summed E-state index contributed by atoms with van der Waals surface area (Å²) in [5.41, 5.74) is 3.73. The van der Waals surface area contributed by atoms with E-state index in [1.165, 1.54) is 7.11 Å². The maximum Gasteiger partial charge on any atom is 0.339 e. The van der Waals surface area contributed by atoms with Crippen LogP contribution in [0, 0.1) is 12.8 Å². The van der Waals surface area contributed by atoms with Crippen molar-refractivity contribution in [2.75, 3.05) is 30.4 Å². The lowest BCUT2D eigenvalue weighted by molar-refractivity contribution is 0.0602. The first kappa shape index (κ1) is 22.8. The molecule has 2 heterocycles. The summed E-state index contributed by atoms with van der Waals surface area (Å²) in [5.74, 6) is 1.01. The quantitative estimate of drug-likeness (QED) is 0.582. The summed E-state index contributed by atoms with van der Waals surface area (Å²) < 4.78 is 6.60. The number of esters is 1. The van der Waals surface area contributed by atoms with Crippen LogP contribution in [-0.2, 0) is 11.8 Å². The van der Waals surface area contributed by atoms with Gasteiger partial charge in [0.05, 0.1) is 29.6 Å². The molecule has 1 saturated heterocycles. The van der Waals surface area contributed by atoms with E-state index in [2.05, 4.69) is 23.2 Å². The van der Waals surface area contributed by atoms with Crippen LogP contribution < -0.4 is 15.8 Å². The molecule has 0 radical (unpaired) electrons. The van der Waals surface area contributed by atoms with E-state index in [0.29, 0.717) is 34.0 Å². The molecule has 1 aromatic heterocycles. The summed E-state index contributed by atoms with van der Waals surface area (Å²) in [4.78, 5) is 32.8. The van der Waals surface area contributed by atoms with Crippen molar-refractivity contribution < 1.29 is 9.53 Å². The first-order chi connectivity index (χ1) is 15.8. The van der Waals surface area contributed by atoms with E-state index in [1.807, 2.05) is 32.0 Å². The van der Waals surface area contributed by atoms with Gasteiger partial charge in [0.15, 0.2) is 0 Å².